The smallest absolute Gasteiger partial charge is 0.258 e. The molecule has 0 spiro atoms. The van der Waals surface area contributed by atoms with Gasteiger partial charge in [0.25, 0.3) is 5.56 Å². The Morgan fingerprint density at radius 1 is 1.21 bits per heavy atom. The van der Waals surface area contributed by atoms with Gasteiger partial charge >= 0.3 is 0 Å². The third-order valence-electron chi connectivity index (χ3n) is 7.07. The molecule has 0 unspecified atom stereocenters. The predicted molar refractivity (Wildman–Crippen MR) is 123 cm³/mol. The van der Waals surface area contributed by atoms with Crippen LogP contribution < -0.4 is 10.9 Å². The van der Waals surface area contributed by atoms with E-state index >= 15 is 0 Å². The number of nitrogens with zero attached hydrogens (tertiary/aromatic N) is 4. The predicted octanol–water partition coefficient (Wildman–Crippen LogP) is 1.74. The lowest BCUT2D eigenvalue weighted by atomic mass is 9.88. The maximum absolute atomic E-state index is 13.3. The number of pyridine rings is 1. The second kappa shape index (κ2) is 9.08. The van der Waals surface area contributed by atoms with Crippen molar-refractivity contribution in [2.45, 2.75) is 32.1 Å². The lowest BCUT2D eigenvalue weighted by molar-refractivity contribution is -0.127. The number of amides is 1. The van der Waals surface area contributed by atoms with Gasteiger partial charge in [0.1, 0.15) is 12.1 Å². The molecule has 176 valence electrons. The van der Waals surface area contributed by atoms with Gasteiger partial charge in [-0.2, -0.15) is 0 Å². The summed E-state index contributed by atoms with van der Waals surface area (Å²) in [5.41, 5.74) is 2.57. The second-order valence-corrected chi connectivity index (χ2v) is 8.74. The lowest BCUT2D eigenvalue weighted by Gasteiger charge is -2.29. The van der Waals surface area contributed by atoms with Crippen molar-refractivity contribution >= 4 is 5.91 Å². The van der Waals surface area contributed by atoms with E-state index in [1.54, 1.807) is 35.0 Å². The molecule has 4 atom stereocenters. The van der Waals surface area contributed by atoms with Crippen molar-refractivity contribution in [1.29, 1.82) is 0 Å². The zero-order chi connectivity index (χ0) is 23.8. The quantitative estimate of drug-likeness (QED) is 0.578. The number of benzene rings is 1. The molecule has 9 heteroatoms. The Kier molecular flexibility index (Phi) is 5.97. The van der Waals surface area contributed by atoms with Crippen LogP contribution in [-0.4, -0.2) is 49.6 Å². The fourth-order valence-corrected chi connectivity index (χ4v) is 5.54. The standard InChI is InChI=1S/C25H26FN5O3/c1-2-30-22-19(20(13-32)23(30)24(33)28-11-17-9-10-27-14-29-17)12-31-21(22)8-7-18(25(31)34)15-3-5-16(26)6-4-15/h3-10,14,19-20,22-23,32H,2,11-13H2,1H3,(H,28,33)/t19-,20-,22+,23-/m1/s1. The Balaban J connectivity index is 1.44. The van der Waals surface area contributed by atoms with Crippen molar-refractivity contribution in [3.8, 4) is 11.1 Å². The topological polar surface area (TPSA) is 100 Å². The Labute approximate surface area is 196 Å². The molecule has 0 radical (unpaired) electrons. The van der Waals surface area contributed by atoms with Gasteiger partial charge in [0, 0.05) is 42.4 Å². The van der Waals surface area contributed by atoms with E-state index in [-0.39, 0.29) is 48.3 Å². The number of likely N-dealkylation sites (N-methyl/N-ethyl adjacent to an activating group) is 1. The molecule has 2 aromatic heterocycles. The number of carbonyl (C=O) groups is 1. The summed E-state index contributed by atoms with van der Waals surface area (Å²) in [7, 11) is 0. The number of aliphatic hydroxyl groups excluding tert-OH is 1. The van der Waals surface area contributed by atoms with E-state index < -0.39 is 6.04 Å². The van der Waals surface area contributed by atoms with Gasteiger partial charge in [-0.25, -0.2) is 14.4 Å². The number of rotatable bonds is 6. The monoisotopic (exact) mass is 463 g/mol. The molecule has 1 amide bonds. The largest absolute Gasteiger partial charge is 0.396 e. The highest BCUT2D eigenvalue weighted by Crippen LogP contribution is 2.49. The molecule has 5 rings (SSSR count). The van der Waals surface area contributed by atoms with Crippen LogP contribution in [0.15, 0.2) is 59.8 Å². The van der Waals surface area contributed by atoms with E-state index in [1.165, 1.54) is 18.5 Å². The average Bonchev–Trinajstić information content (AvgIpc) is 3.39. The molecule has 2 aliphatic rings. The number of aromatic nitrogens is 3. The molecule has 1 aromatic carbocycles. The SMILES string of the molecule is CCN1[C@@H]2c3ccc(-c4ccc(F)cc4)c(=O)n3C[C@@H]2[C@@H](CO)[C@@H]1C(=O)NCc1ccncn1. The van der Waals surface area contributed by atoms with Gasteiger partial charge < -0.3 is 15.0 Å². The number of hydrogen-bond acceptors (Lipinski definition) is 6. The Hall–Kier alpha value is -3.43. The molecule has 8 nitrogen and oxygen atoms in total. The first-order chi connectivity index (χ1) is 16.5. The fourth-order valence-electron chi connectivity index (χ4n) is 5.54. The van der Waals surface area contributed by atoms with Crippen LogP contribution in [0.5, 0.6) is 0 Å². The number of nitrogens with one attached hydrogen (secondary N) is 1. The summed E-state index contributed by atoms with van der Waals surface area (Å²) in [4.78, 5) is 36.7. The summed E-state index contributed by atoms with van der Waals surface area (Å²) in [5, 5.41) is 13.2. The molecule has 34 heavy (non-hydrogen) atoms. The minimum Gasteiger partial charge on any atom is -0.396 e. The highest BCUT2D eigenvalue weighted by Gasteiger charge is 2.54. The van der Waals surface area contributed by atoms with Crippen LogP contribution in [0, 0.1) is 17.7 Å². The molecular formula is C25H26FN5O3. The molecule has 0 bridgehead atoms. The summed E-state index contributed by atoms with van der Waals surface area (Å²) in [5.74, 6) is -0.904. The van der Waals surface area contributed by atoms with E-state index in [0.717, 1.165) is 5.69 Å². The van der Waals surface area contributed by atoms with Crippen molar-refractivity contribution in [2.75, 3.05) is 13.2 Å². The Bertz CT molecular complexity index is 1250. The number of fused-ring (bicyclic) bond motifs is 3. The van der Waals surface area contributed by atoms with E-state index in [1.807, 2.05) is 13.0 Å². The Morgan fingerprint density at radius 2 is 2.00 bits per heavy atom. The van der Waals surface area contributed by atoms with Gasteiger partial charge in [0.05, 0.1) is 24.3 Å². The zero-order valence-electron chi connectivity index (χ0n) is 18.8. The first-order valence-corrected chi connectivity index (χ1v) is 11.4. The van der Waals surface area contributed by atoms with Crippen LogP contribution in [0.4, 0.5) is 4.39 Å². The van der Waals surface area contributed by atoms with Crippen LogP contribution in [0.1, 0.15) is 24.4 Å². The zero-order valence-corrected chi connectivity index (χ0v) is 18.8. The molecule has 2 N–H and O–H groups in total. The third kappa shape index (κ3) is 3.70. The molecule has 1 fully saturated rings. The molecule has 0 aliphatic carbocycles. The van der Waals surface area contributed by atoms with Crippen LogP contribution in [-0.2, 0) is 17.9 Å². The average molecular weight is 464 g/mol. The maximum atomic E-state index is 13.3. The van der Waals surface area contributed by atoms with Crippen LogP contribution in [0.3, 0.4) is 0 Å². The summed E-state index contributed by atoms with van der Waals surface area (Å²) < 4.78 is 15.1. The van der Waals surface area contributed by atoms with Crippen molar-refractivity contribution in [3.63, 3.8) is 0 Å². The van der Waals surface area contributed by atoms with E-state index in [4.69, 9.17) is 0 Å². The van der Waals surface area contributed by atoms with E-state index in [9.17, 15) is 19.1 Å². The van der Waals surface area contributed by atoms with Gasteiger partial charge in [0.15, 0.2) is 0 Å². The van der Waals surface area contributed by atoms with Gasteiger partial charge in [-0.15, -0.1) is 0 Å². The molecule has 4 heterocycles. The van der Waals surface area contributed by atoms with Gasteiger partial charge in [0.2, 0.25) is 5.91 Å². The summed E-state index contributed by atoms with van der Waals surface area (Å²) >= 11 is 0. The normalized spacial score (nSPS) is 23.5. The maximum Gasteiger partial charge on any atom is 0.258 e. The van der Waals surface area contributed by atoms with Crippen molar-refractivity contribution in [2.24, 2.45) is 11.8 Å². The second-order valence-electron chi connectivity index (χ2n) is 8.74. The molecular weight excluding hydrogens is 437 g/mol. The first kappa shape index (κ1) is 22.4. The van der Waals surface area contributed by atoms with Crippen molar-refractivity contribution in [1.82, 2.24) is 24.8 Å². The number of aliphatic hydroxyl groups is 1. The summed E-state index contributed by atoms with van der Waals surface area (Å²) in [6, 6.07) is 10.7. The van der Waals surface area contributed by atoms with Gasteiger partial charge in [-0.1, -0.05) is 19.1 Å². The van der Waals surface area contributed by atoms with Crippen LogP contribution in [0.25, 0.3) is 11.1 Å². The summed E-state index contributed by atoms with van der Waals surface area (Å²) in [6.45, 7) is 3.12. The highest BCUT2D eigenvalue weighted by atomic mass is 19.1. The van der Waals surface area contributed by atoms with Gasteiger partial charge in [-0.05, 0) is 42.4 Å². The van der Waals surface area contributed by atoms with Gasteiger partial charge in [-0.3, -0.25) is 14.5 Å². The highest BCUT2D eigenvalue weighted by molar-refractivity contribution is 5.82. The number of halogens is 1. The minimum absolute atomic E-state index is 0.0732. The lowest BCUT2D eigenvalue weighted by Crippen LogP contribution is -2.48. The van der Waals surface area contributed by atoms with E-state index in [0.29, 0.717) is 29.9 Å². The fraction of sp³-hybridized carbons (Fsp3) is 0.360. The molecule has 2 aliphatic heterocycles. The van der Waals surface area contributed by atoms with Crippen LogP contribution >= 0.6 is 0 Å². The number of carbonyl (C=O) groups excluding carboxylic acids is 1. The molecule has 0 saturated carbocycles. The number of hydrogen-bond donors (Lipinski definition) is 2. The minimum atomic E-state index is -0.507. The van der Waals surface area contributed by atoms with E-state index in [2.05, 4.69) is 20.2 Å². The van der Waals surface area contributed by atoms with Crippen LogP contribution in [0.2, 0.25) is 0 Å². The number of likely N-dealkylation sites (tertiary alicyclic amines) is 1. The molecule has 3 aromatic rings. The first-order valence-electron chi connectivity index (χ1n) is 11.4. The summed E-state index contributed by atoms with van der Waals surface area (Å²) in [6.07, 6.45) is 3.06. The van der Waals surface area contributed by atoms with Crippen molar-refractivity contribution < 1.29 is 14.3 Å². The van der Waals surface area contributed by atoms with Crippen molar-refractivity contribution in [3.05, 3.63) is 82.5 Å². The molecule has 1 saturated heterocycles. The third-order valence-corrected chi connectivity index (χ3v) is 7.07. The Morgan fingerprint density at radius 3 is 2.68 bits per heavy atom.